The van der Waals surface area contributed by atoms with E-state index in [2.05, 4.69) is 16.7 Å². The highest BCUT2D eigenvalue weighted by atomic mass is 16.3. The van der Waals surface area contributed by atoms with Crippen LogP contribution in [0.2, 0.25) is 0 Å². The van der Waals surface area contributed by atoms with E-state index in [1.807, 2.05) is 12.1 Å². The van der Waals surface area contributed by atoms with Crippen LogP contribution in [0, 0.1) is 0 Å². The van der Waals surface area contributed by atoms with E-state index >= 15 is 0 Å². The second kappa shape index (κ2) is 8.59. The predicted octanol–water partition coefficient (Wildman–Crippen LogP) is 2.77. The Morgan fingerprint density at radius 3 is 3.00 bits per heavy atom. The van der Waals surface area contributed by atoms with Crippen LogP contribution in [-0.2, 0) is 11.3 Å². The molecule has 0 aliphatic heterocycles. The second-order valence-corrected chi connectivity index (χ2v) is 5.21. The summed E-state index contributed by atoms with van der Waals surface area (Å²) in [7, 11) is 0. The van der Waals surface area contributed by atoms with Crippen molar-refractivity contribution in [2.45, 2.75) is 45.1 Å². The summed E-state index contributed by atoms with van der Waals surface area (Å²) in [6.45, 7) is 2.12. The smallest absolute Gasteiger partial charge is 0.221 e. The Morgan fingerprint density at radius 2 is 2.25 bits per heavy atom. The molecule has 4 nitrogen and oxygen atoms in total. The minimum absolute atomic E-state index is 0.119. The molecule has 2 N–H and O–H groups in total. The molecule has 1 aliphatic carbocycles. The molecular weight excluding hydrogens is 252 g/mol. The van der Waals surface area contributed by atoms with Gasteiger partial charge in [-0.15, -0.1) is 0 Å². The van der Waals surface area contributed by atoms with Crippen molar-refractivity contribution in [1.82, 2.24) is 10.6 Å². The van der Waals surface area contributed by atoms with Crippen molar-refractivity contribution < 1.29 is 9.21 Å². The molecule has 20 heavy (non-hydrogen) atoms. The Balaban J connectivity index is 1.48. The molecule has 0 saturated carbocycles. The van der Waals surface area contributed by atoms with Crippen LogP contribution in [0.25, 0.3) is 0 Å². The number of allylic oxidation sites excluding steroid dienone is 1. The van der Waals surface area contributed by atoms with Crippen molar-refractivity contribution in [3.8, 4) is 0 Å². The number of carbonyl (C=O) groups is 1. The maximum absolute atomic E-state index is 11.7. The second-order valence-electron chi connectivity index (χ2n) is 5.21. The number of rotatable bonds is 8. The zero-order valence-electron chi connectivity index (χ0n) is 12.0. The van der Waals surface area contributed by atoms with Gasteiger partial charge in [-0.05, 0) is 44.2 Å². The molecule has 4 heteroatoms. The number of hydrogen-bond acceptors (Lipinski definition) is 3. The summed E-state index contributed by atoms with van der Waals surface area (Å²) in [4.78, 5) is 11.7. The lowest BCUT2D eigenvalue weighted by Gasteiger charge is -2.13. The molecular formula is C16H24N2O2. The van der Waals surface area contributed by atoms with Gasteiger partial charge in [0.2, 0.25) is 5.91 Å². The van der Waals surface area contributed by atoms with Crippen LogP contribution in [0.5, 0.6) is 0 Å². The Bertz CT molecular complexity index is 424. The number of hydrogen-bond donors (Lipinski definition) is 2. The molecule has 1 aliphatic rings. The minimum atomic E-state index is 0.119. The topological polar surface area (TPSA) is 54.3 Å². The number of nitrogens with one attached hydrogen (secondary N) is 2. The number of carbonyl (C=O) groups excluding carboxylic acids is 1. The summed E-state index contributed by atoms with van der Waals surface area (Å²) in [5.41, 5.74) is 1.51. The van der Waals surface area contributed by atoms with Gasteiger partial charge in [-0.2, -0.15) is 0 Å². The summed E-state index contributed by atoms with van der Waals surface area (Å²) in [5, 5.41) is 6.17. The lowest BCUT2D eigenvalue weighted by Crippen LogP contribution is -2.28. The third-order valence-corrected chi connectivity index (χ3v) is 3.56. The van der Waals surface area contributed by atoms with Crippen LogP contribution in [0.3, 0.4) is 0 Å². The highest BCUT2D eigenvalue weighted by Gasteiger charge is 2.05. The van der Waals surface area contributed by atoms with Gasteiger partial charge in [-0.1, -0.05) is 11.6 Å². The SMILES string of the molecule is O=C(CCNCc1ccco1)NCCC1=CCCCC1. The Labute approximate surface area is 120 Å². The molecule has 0 spiro atoms. The fourth-order valence-corrected chi connectivity index (χ4v) is 2.41. The quantitative estimate of drug-likeness (QED) is 0.567. The highest BCUT2D eigenvalue weighted by molar-refractivity contribution is 5.76. The molecule has 0 aromatic carbocycles. The van der Waals surface area contributed by atoms with Crippen molar-refractivity contribution in [3.63, 3.8) is 0 Å². The largest absolute Gasteiger partial charge is 0.468 e. The summed E-state index contributed by atoms with van der Waals surface area (Å²) < 4.78 is 5.20. The van der Waals surface area contributed by atoms with Crippen LogP contribution in [0.1, 0.15) is 44.3 Å². The normalized spacial score (nSPS) is 14.9. The van der Waals surface area contributed by atoms with Crippen molar-refractivity contribution in [2.24, 2.45) is 0 Å². The Morgan fingerprint density at radius 1 is 1.30 bits per heavy atom. The van der Waals surface area contributed by atoms with Gasteiger partial charge in [0.1, 0.15) is 5.76 Å². The van der Waals surface area contributed by atoms with Gasteiger partial charge >= 0.3 is 0 Å². The van der Waals surface area contributed by atoms with E-state index in [9.17, 15) is 4.79 Å². The van der Waals surface area contributed by atoms with Crippen LogP contribution in [0.15, 0.2) is 34.5 Å². The molecule has 1 aromatic heterocycles. The van der Waals surface area contributed by atoms with Gasteiger partial charge in [-0.3, -0.25) is 4.79 Å². The molecule has 110 valence electrons. The summed E-state index contributed by atoms with van der Waals surface area (Å²) in [6.07, 6.45) is 10.5. The Kier molecular flexibility index (Phi) is 6.38. The first-order valence-electron chi connectivity index (χ1n) is 7.52. The highest BCUT2D eigenvalue weighted by Crippen LogP contribution is 2.19. The van der Waals surface area contributed by atoms with Crippen molar-refractivity contribution in [3.05, 3.63) is 35.8 Å². The molecule has 0 radical (unpaired) electrons. The lowest BCUT2D eigenvalue weighted by atomic mass is 9.97. The fraction of sp³-hybridized carbons (Fsp3) is 0.562. The van der Waals surface area contributed by atoms with Gasteiger partial charge in [0.05, 0.1) is 12.8 Å². The first kappa shape index (κ1) is 14.9. The van der Waals surface area contributed by atoms with Crippen molar-refractivity contribution >= 4 is 5.91 Å². The molecule has 0 atom stereocenters. The molecule has 0 saturated heterocycles. The lowest BCUT2D eigenvalue weighted by molar-refractivity contribution is -0.120. The van der Waals surface area contributed by atoms with Gasteiger partial charge in [-0.25, -0.2) is 0 Å². The maximum atomic E-state index is 11.7. The minimum Gasteiger partial charge on any atom is -0.468 e. The van der Waals surface area contributed by atoms with Crippen molar-refractivity contribution in [1.29, 1.82) is 0 Å². The first-order valence-corrected chi connectivity index (χ1v) is 7.52. The summed E-state index contributed by atoms with van der Waals surface area (Å²) in [5.74, 6) is 1.02. The third kappa shape index (κ3) is 5.61. The molecule has 1 aromatic rings. The van der Waals surface area contributed by atoms with E-state index in [4.69, 9.17) is 4.42 Å². The first-order chi connectivity index (χ1) is 9.84. The predicted molar refractivity (Wildman–Crippen MR) is 79.2 cm³/mol. The fourth-order valence-electron chi connectivity index (χ4n) is 2.41. The van der Waals surface area contributed by atoms with Crippen LogP contribution in [-0.4, -0.2) is 19.0 Å². The van der Waals surface area contributed by atoms with Gasteiger partial charge < -0.3 is 15.1 Å². The molecule has 1 heterocycles. The average molecular weight is 276 g/mol. The van der Waals surface area contributed by atoms with Crippen molar-refractivity contribution in [2.75, 3.05) is 13.1 Å². The van der Waals surface area contributed by atoms with Crippen LogP contribution in [0.4, 0.5) is 0 Å². The number of furan rings is 1. The molecule has 2 rings (SSSR count). The molecule has 1 amide bonds. The zero-order valence-corrected chi connectivity index (χ0v) is 12.0. The zero-order chi connectivity index (χ0) is 14.0. The van der Waals surface area contributed by atoms with Gasteiger partial charge in [0.15, 0.2) is 0 Å². The van der Waals surface area contributed by atoms with Gasteiger partial charge in [0.25, 0.3) is 0 Å². The molecule has 0 fully saturated rings. The Hall–Kier alpha value is -1.55. The number of amides is 1. The van der Waals surface area contributed by atoms with E-state index in [0.717, 1.165) is 18.7 Å². The average Bonchev–Trinajstić information content (AvgIpc) is 2.98. The van der Waals surface area contributed by atoms with E-state index < -0.39 is 0 Å². The van der Waals surface area contributed by atoms with Crippen LogP contribution < -0.4 is 10.6 Å². The van der Waals surface area contributed by atoms with Gasteiger partial charge in [0, 0.05) is 19.5 Å². The molecule has 0 unspecified atom stereocenters. The summed E-state index contributed by atoms with van der Waals surface area (Å²) in [6, 6.07) is 3.79. The van der Waals surface area contributed by atoms with E-state index in [0.29, 0.717) is 19.5 Å². The van der Waals surface area contributed by atoms with E-state index in [1.54, 1.807) is 6.26 Å². The molecule has 0 bridgehead atoms. The summed E-state index contributed by atoms with van der Waals surface area (Å²) >= 11 is 0. The third-order valence-electron chi connectivity index (χ3n) is 3.56. The van der Waals surface area contributed by atoms with E-state index in [-0.39, 0.29) is 5.91 Å². The maximum Gasteiger partial charge on any atom is 0.221 e. The van der Waals surface area contributed by atoms with E-state index in [1.165, 1.54) is 31.3 Å². The van der Waals surface area contributed by atoms with Crippen LogP contribution >= 0.6 is 0 Å². The standard InChI is InChI=1S/C16H24N2O2/c19-16(9-10-17-13-15-7-4-12-20-15)18-11-8-14-5-2-1-3-6-14/h4-5,7,12,17H,1-3,6,8-11,13H2,(H,18,19). The monoisotopic (exact) mass is 276 g/mol.